The number of rotatable bonds is 6. The summed E-state index contributed by atoms with van der Waals surface area (Å²) in [6, 6.07) is 6.04. The lowest BCUT2D eigenvalue weighted by Crippen LogP contribution is -2.29. The minimum atomic E-state index is -0.0910. The minimum Gasteiger partial charge on any atom is -0.346 e. The SMILES string of the molecule is Cc1ccc2nc(C(C)NC(=O)CSCC3CC3)[nH]c2c1. The van der Waals surface area contributed by atoms with E-state index in [-0.39, 0.29) is 11.9 Å². The zero-order valence-corrected chi connectivity index (χ0v) is 13.3. The first-order valence-electron chi connectivity index (χ1n) is 7.45. The fourth-order valence-electron chi connectivity index (χ4n) is 2.30. The highest BCUT2D eigenvalue weighted by atomic mass is 32.2. The van der Waals surface area contributed by atoms with Crippen molar-refractivity contribution in [3.8, 4) is 0 Å². The van der Waals surface area contributed by atoms with Gasteiger partial charge in [0.25, 0.3) is 0 Å². The predicted octanol–water partition coefficient (Wildman–Crippen LogP) is 3.19. The van der Waals surface area contributed by atoms with Crippen LogP contribution in [-0.4, -0.2) is 27.4 Å². The Morgan fingerprint density at radius 2 is 2.33 bits per heavy atom. The van der Waals surface area contributed by atoms with E-state index in [0.29, 0.717) is 5.75 Å². The molecule has 1 aliphatic rings. The summed E-state index contributed by atoms with van der Waals surface area (Å²) < 4.78 is 0. The number of thioether (sulfide) groups is 1. The fourth-order valence-corrected chi connectivity index (χ4v) is 3.36. The van der Waals surface area contributed by atoms with Gasteiger partial charge >= 0.3 is 0 Å². The van der Waals surface area contributed by atoms with E-state index in [0.717, 1.165) is 28.5 Å². The van der Waals surface area contributed by atoms with Crippen molar-refractivity contribution < 1.29 is 4.79 Å². The maximum atomic E-state index is 11.9. The number of benzene rings is 1. The van der Waals surface area contributed by atoms with Crippen molar-refractivity contribution in [3.63, 3.8) is 0 Å². The molecule has 1 amide bonds. The van der Waals surface area contributed by atoms with Crippen molar-refractivity contribution in [3.05, 3.63) is 29.6 Å². The topological polar surface area (TPSA) is 57.8 Å². The number of H-pyrrole nitrogens is 1. The molecule has 1 fully saturated rings. The third-order valence-electron chi connectivity index (χ3n) is 3.73. The van der Waals surface area contributed by atoms with E-state index in [1.54, 1.807) is 11.8 Å². The maximum absolute atomic E-state index is 11.9. The van der Waals surface area contributed by atoms with Crippen LogP contribution in [-0.2, 0) is 4.79 Å². The molecule has 1 aromatic carbocycles. The van der Waals surface area contributed by atoms with Crippen LogP contribution in [0.1, 0.15) is 37.2 Å². The van der Waals surface area contributed by atoms with Crippen LogP contribution in [0.4, 0.5) is 0 Å². The Labute approximate surface area is 129 Å². The molecule has 1 saturated carbocycles. The van der Waals surface area contributed by atoms with E-state index in [9.17, 15) is 4.79 Å². The van der Waals surface area contributed by atoms with Crippen molar-refractivity contribution in [2.75, 3.05) is 11.5 Å². The van der Waals surface area contributed by atoms with Gasteiger partial charge in [0.2, 0.25) is 5.91 Å². The Bertz CT molecular complexity index is 648. The van der Waals surface area contributed by atoms with E-state index in [4.69, 9.17) is 0 Å². The average Bonchev–Trinajstić information content (AvgIpc) is 3.15. The molecule has 1 aliphatic carbocycles. The number of aromatic amines is 1. The molecular weight excluding hydrogens is 282 g/mol. The standard InChI is InChI=1S/C16H21N3OS/c1-10-3-6-13-14(7-10)19-16(18-13)11(2)17-15(20)9-21-8-12-4-5-12/h3,6-7,11-12H,4-5,8-9H2,1-2H3,(H,17,20)(H,18,19). The van der Waals surface area contributed by atoms with Gasteiger partial charge in [0.15, 0.2) is 0 Å². The molecule has 2 N–H and O–H groups in total. The van der Waals surface area contributed by atoms with Crippen molar-refractivity contribution in [1.29, 1.82) is 0 Å². The Morgan fingerprint density at radius 1 is 1.52 bits per heavy atom. The zero-order chi connectivity index (χ0) is 14.8. The van der Waals surface area contributed by atoms with Crippen LogP contribution in [0.3, 0.4) is 0 Å². The molecule has 4 nitrogen and oxygen atoms in total. The van der Waals surface area contributed by atoms with Gasteiger partial charge in [0.05, 0.1) is 22.8 Å². The number of carbonyl (C=O) groups is 1. The summed E-state index contributed by atoms with van der Waals surface area (Å²) in [4.78, 5) is 19.8. The maximum Gasteiger partial charge on any atom is 0.230 e. The molecule has 1 atom stereocenters. The number of imidazole rings is 1. The third-order valence-corrected chi connectivity index (χ3v) is 4.90. The van der Waals surface area contributed by atoms with E-state index in [2.05, 4.69) is 28.3 Å². The number of hydrogen-bond donors (Lipinski definition) is 2. The van der Waals surface area contributed by atoms with Crippen LogP contribution in [0.2, 0.25) is 0 Å². The molecule has 0 spiro atoms. The van der Waals surface area contributed by atoms with Gasteiger partial charge in [-0.25, -0.2) is 4.98 Å². The van der Waals surface area contributed by atoms with Gasteiger partial charge in [-0.3, -0.25) is 4.79 Å². The van der Waals surface area contributed by atoms with Gasteiger partial charge in [-0.15, -0.1) is 0 Å². The van der Waals surface area contributed by atoms with Gasteiger partial charge in [0, 0.05) is 0 Å². The van der Waals surface area contributed by atoms with Crippen LogP contribution < -0.4 is 5.32 Å². The monoisotopic (exact) mass is 303 g/mol. The van der Waals surface area contributed by atoms with E-state index in [1.165, 1.54) is 18.4 Å². The minimum absolute atomic E-state index is 0.0878. The normalized spacial score (nSPS) is 16.1. The first-order chi connectivity index (χ1) is 10.1. The smallest absolute Gasteiger partial charge is 0.230 e. The van der Waals surface area contributed by atoms with Crippen LogP contribution in [0.5, 0.6) is 0 Å². The number of aryl methyl sites for hydroxylation is 1. The lowest BCUT2D eigenvalue weighted by Gasteiger charge is -2.11. The van der Waals surface area contributed by atoms with Gasteiger partial charge < -0.3 is 10.3 Å². The van der Waals surface area contributed by atoms with Gasteiger partial charge in [-0.05, 0) is 56.1 Å². The predicted molar refractivity (Wildman–Crippen MR) is 87.4 cm³/mol. The molecule has 1 heterocycles. The van der Waals surface area contributed by atoms with Crippen LogP contribution in [0.15, 0.2) is 18.2 Å². The number of nitrogens with one attached hydrogen (secondary N) is 2. The highest BCUT2D eigenvalue weighted by Crippen LogP contribution is 2.32. The Kier molecular flexibility index (Phi) is 4.19. The Balaban J connectivity index is 1.57. The van der Waals surface area contributed by atoms with Crippen LogP contribution in [0.25, 0.3) is 11.0 Å². The molecule has 1 unspecified atom stereocenters. The third kappa shape index (κ3) is 3.79. The average molecular weight is 303 g/mol. The molecular formula is C16H21N3OS. The first kappa shape index (κ1) is 14.4. The summed E-state index contributed by atoms with van der Waals surface area (Å²) in [7, 11) is 0. The van der Waals surface area contributed by atoms with Gasteiger partial charge in [-0.1, -0.05) is 6.07 Å². The lowest BCUT2D eigenvalue weighted by molar-refractivity contribution is -0.119. The molecule has 21 heavy (non-hydrogen) atoms. The Hall–Kier alpha value is -1.49. The summed E-state index contributed by atoms with van der Waals surface area (Å²) >= 11 is 1.73. The number of nitrogens with zero attached hydrogens (tertiary/aromatic N) is 1. The van der Waals surface area contributed by atoms with Crippen molar-refractivity contribution in [2.24, 2.45) is 5.92 Å². The van der Waals surface area contributed by atoms with E-state index in [1.807, 2.05) is 19.1 Å². The molecule has 0 radical (unpaired) electrons. The van der Waals surface area contributed by atoms with E-state index >= 15 is 0 Å². The molecule has 1 aromatic heterocycles. The summed E-state index contributed by atoms with van der Waals surface area (Å²) in [5.74, 6) is 3.42. The fraction of sp³-hybridized carbons (Fsp3) is 0.500. The number of fused-ring (bicyclic) bond motifs is 1. The zero-order valence-electron chi connectivity index (χ0n) is 12.5. The second-order valence-electron chi connectivity index (χ2n) is 5.89. The largest absolute Gasteiger partial charge is 0.346 e. The van der Waals surface area contributed by atoms with Crippen molar-refractivity contribution in [1.82, 2.24) is 15.3 Å². The molecule has 0 saturated heterocycles. The summed E-state index contributed by atoms with van der Waals surface area (Å²) in [5, 5.41) is 3.01. The van der Waals surface area contributed by atoms with Crippen LogP contribution in [0, 0.1) is 12.8 Å². The van der Waals surface area contributed by atoms with E-state index < -0.39 is 0 Å². The highest BCUT2D eigenvalue weighted by molar-refractivity contribution is 7.99. The lowest BCUT2D eigenvalue weighted by atomic mass is 10.2. The van der Waals surface area contributed by atoms with Crippen molar-refractivity contribution >= 4 is 28.7 Å². The summed E-state index contributed by atoms with van der Waals surface area (Å²) in [5.41, 5.74) is 3.17. The molecule has 112 valence electrons. The number of aromatic nitrogens is 2. The van der Waals surface area contributed by atoms with Crippen LogP contribution >= 0.6 is 11.8 Å². The molecule has 0 aliphatic heterocycles. The van der Waals surface area contributed by atoms with Crippen molar-refractivity contribution in [2.45, 2.75) is 32.7 Å². The summed E-state index contributed by atoms with van der Waals surface area (Å²) in [6.07, 6.45) is 2.67. The number of hydrogen-bond acceptors (Lipinski definition) is 3. The molecule has 5 heteroatoms. The number of amides is 1. The highest BCUT2D eigenvalue weighted by Gasteiger charge is 2.21. The number of carbonyl (C=O) groups excluding carboxylic acids is 1. The molecule has 3 rings (SSSR count). The van der Waals surface area contributed by atoms with Gasteiger partial charge in [-0.2, -0.15) is 11.8 Å². The Morgan fingerprint density at radius 3 is 3.10 bits per heavy atom. The van der Waals surface area contributed by atoms with Gasteiger partial charge in [0.1, 0.15) is 5.82 Å². The molecule has 2 aromatic rings. The molecule has 0 bridgehead atoms. The second-order valence-corrected chi connectivity index (χ2v) is 6.92. The quantitative estimate of drug-likeness (QED) is 0.861. The summed E-state index contributed by atoms with van der Waals surface area (Å²) in [6.45, 7) is 4.02. The second kappa shape index (κ2) is 6.10. The first-order valence-corrected chi connectivity index (χ1v) is 8.60.